The molecule has 0 saturated heterocycles. The number of carbonyl (C=O) groups is 2. The Morgan fingerprint density at radius 3 is 1.48 bits per heavy atom. The monoisotopic (exact) mass is 688 g/mol. The SMILES string of the molecule is CCC1(c2ccccc2)CC(c2cc(F)ccc2F)=NN1C(=O)NC.CNC(=O)N1N=C(c2cc(F)ccc2F)CC1(CO)c1ccccc1. The molecule has 4 amide bonds. The van der Waals surface area contributed by atoms with E-state index in [2.05, 4.69) is 20.8 Å². The lowest BCUT2D eigenvalue weighted by Gasteiger charge is -2.35. The molecule has 9 nitrogen and oxygen atoms in total. The summed E-state index contributed by atoms with van der Waals surface area (Å²) >= 11 is 0. The molecule has 260 valence electrons. The fourth-order valence-electron chi connectivity index (χ4n) is 6.27. The molecule has 2 aliphatic heterocycles. The zero-order valence-electron chi connectivity index (χ0n) is 27.6. The van der Waals surface area contributed by atoms with Crippen molar-refractivity contribution < 1.29 is 32.3 Å². The van der Waals surface area contributed by atoms with Crippen LogP contribution in [-0.2, 0) is 11.1 Å². The first-order chi connectivity index (χ1) is 24.0. The van der Waals surface area contributed by atoms with Gasteiger partial charge in [0.25, 0.3) is 0 Å². The van der Waals surface area contributed by atoms with Crippen LogP contribution in [0.1, 0.15) is 48.4 Å². The normalized spacial score (nSPS) is 19.7. The summed E-state index contributed by atoms with van der Waals surface area (Å²) in [6.07, 6.45) is 0.941. The summed E-state index contributed by atoms with van der Waals surface area (Å²) in [7, 11) is 2.95. The van der Waals surface area contributed by atoms with Gasteiger partial charge in [0.2, 0.25) is 0 Å². The first-order valence-electron chi connectivity index (χ1n) is 15.8. The number of hydrogen-bond acceptors (Lipinski definition) is 5. The maximum atomic E-state index is 14.2. The van der Waals surface area contributed by atoms with Crippen molar-refractivity contribution in [1.29, 1.82) is 0 Å². The molecule has 6 rings (SSSR count). The molecule has 2 unspecified atom stereocenters. The van der Waals surface area contributed by atoms with E-state index in [9.17, 15) is 32.3 Å². The molecule has 0 fully saturated rings. The van der Waals surface area contributed by atoms with E-state index in [0.29, 0.717) is 24.1 Å². The number of hydrogen-bond donors (Lipinski definition) is 3. The minimum Gasteiger partial charge on any atom is -0.393 e. The highest BCUT2D eigenvalue weighted by Gasteiger charge is 2.48. The van der Waals surface area contributed by atoms with Gasteiger partial charge in [0.1, 0.15) is 28.8 Å². The third-order valence-electron chi connectivity index (χ3n) is 8.93. The quantitative estimate of drug-likeness (QED) is 0.198. The van der Waals surface area contributed by atoms with E-state index in [1.165, 1.54) is 19.1 Å². The Labute approximate surface area is 286 Å². The Hall–Kier alpha value is -5.56. The van der Waals surface area contributed by atoms with Gasteiger partial charge < -0.3 is 15.7 Å². The maximum absolute atomic E-state index is 14.2. The summed E-state index contributed by atoms with van der Waals surface area (Å²) in [5.74, 6) is -2.35. The van der Waals surface area contributed by atoms with Crippen LogP contribution in [-0.4, -0.2) is 59.3 Å². The van der Waals surface area contributed by atoms with E-state index in [0.717, 1.165) is 47.0 Å². The molecule has 2 atom stereocenters. The maximum Gasteiger partial charge on any atom is 0.338 e. The van der Waals surface area contributed by atoms with Crippen LogP contribution in [0.3, 0.4) is 0 Å². The van der Waals surface area contributed by atoms with Crippen molar-refractivity contribution in [2.24, 2.45) is 10.2 Å². The molecular formula is C37H36F4N6O3. The predicted molar refractivity (Wildman–Crippen MR) is 181 cm³/mol. The molecule has 4 aromatic rings. The van der Waals surface area contributed by atoms with Crippen LogP contribution in [0.4, 0.5) is 27.2 Å². The molecule has 0 aliphatic carbocycles. The van der Waals surface area contributed by atoms with E-state index in [1.54, 1.807) is 24.3 Å². The van der Waals surface area contributed by atoms with E-state index in [1.807, 2.05) is 43.3 Å². The lowest BCUT2D eigenvalue weighted by atomic mass is 9.82. The van der Waals surface area contributed by atoms with Crippen LogP contribution < -0.4 is 10.6 Å². The highest BCUT2D eigenvalue weighted by molar-refractivity contribution is 6.04. The predicted octanol–water partition coefficient (Wildman–Crippen LogP) is 6.62. The number of benzene rings is 4. The first kappa shape index (κ1) is 35.7. The second kappa shape index (κ2) is 14.9. The molecule has 4 aromatic carbocycles. The molecule has 3 N–H and O–H groups in total. The fraction of sp³-hybridized carbons (Fsp3) is 0.243. The number of halogens is 4. The average molecular weight is 689 g/mol. The zero-order chi connectivity index (χ0) is 36.1. The average Bonchev–Trinajstić information content (AvgIpc) is 3.75. The number of hydrazone groups is 2. The van der Waals surface area contributed by atoms with Crippen LogP contribution in [0.15, 0.2) is 107 Å². The Morgan fingerprint density at radius 1 is 0.680 bits per heavy atom. The number of amides is 4. The summed E-state index contributed by atoms with van der Waals surface area (Å²) < 4.78 is 55.5. The second-order valence-electron chi connectivity index (χ2n) is 11.7. The number of urea groups is 2. The number of carbonyl (C=O) groups excluding carboxylic acids is 2. The van der Waals surface area contributed by atoms with Gasteiger partial charge in [0.05, 0.1) is 23.6 Å². The lowest BCUT2D eigenvalue weighted by molar-refractivity contribution is 0.0726. The van der Waals surface area contributed by atoms with Crippen molar-refractivity contribution in [3.05, 3.63) is 143 Å². The van der Waals surface area contributed by atoms with Crippen LogP contribution in [0.2, 0.25) is 0 Å². The Bertz CT molecular complexity index is 1790. The molecule has 2 aliphatic rings. The van der Waals surface area contributed by atoms with Gasteiger partial charge in [0.15, 0.2) is 0 Å². The van der Waals surface area contributed by atoms with Gasteiger partial charge in [-0.05, 0) is 53.9 Å². The van der Waals surface area contributed by atoms with Crippen molar-refractivity contribution in [2.45, 2.75) is 37.3 Å². The van der Waals surface area contributed by atoms with Crippen molar-refractivity contribution in [3.63, 3.8) is 0 Å². The minimum atomic E-state index is -1.19. The largest absolute Gasteiger partial charge is 0.393 e. The second-order valence-corrected chi connectivity index (χ2v) is 11.7. The van der Waals surface area contributed by atoms with Crippen molar-refractivity contribution in [1.82, 2.24) is 20.7 Å². The number of nitrogens with zero attached hydrogens (tertiary/aromatic N) is 4. The first-order valence-corrected chi connectivity index (χ1v) is 15.8. The highest BCUT2D eigenvalue weighted by Crippen LogP contribution is 2.42. The van der Waals surface area contributed by atoms with E-state index in [-0.39, 0.29) is 23.3 Å². The fourth-order valence-corrected chi connectivity index (χ4v) is 6.27. The third-order valence-corrected chi connectivity index (χ3v) is 8.93. The van der Waals surface area contributed by atoms with Crippen LogP contribution in [0.25, 0.3) is 0 Å². The number of nitrogens with one attached hydrogen (secondary N) is 2. The Balaban J connectivity index is 0.000000194. The molecule has 0 bridgehead atoms. The van der Waals surface area contributed by atoms with Gasteiger partial charge in [-0.15, -0.1) is 0 Å². The molecule has 0 aromatic heterocycles. The zero-order valence-corrected chi connectivity index (χ0v) is 27.6. The molecule has 50 heavy (non-hydrogen) atoms. The van der Waals surface area contributed by atoms with Gasteiger partial charge in [-0.25, -0.2) is 37.2 Å². The summed E-state index contributed by atoms with van der Waals surface area (Å²) in [5, 5.41) is 26.2. The topological polar surface area (TPSA) is 110 Å². The van der Waals surface area contributed by atoms with Crippen LogP contribution in [0, 0.1) is 23.3 Å². The van der Waals surface area contributed by atoms with E-state index in [4.69, 9.17) is 0 Å². The standard InChI is InChI=1S/C19H19F2N3O.C18H17F2N3O2/c1-3-19(13-7-5-4-6-8-13)12-17(23-24(19)18(25)22-2)15-11-14(20)9-10-16(15)21;1-21-17(25)23-18(11-24,12-5-3-2-4-6-12)10-16(22-23)14-9-13(19)7-8-15(14)20/h4-11H,3,12H2,1-2H3,(H,22,25);2-9,24H,10-11H2,1H3,(H,21,25). The molecule has 0 spiro atoms. The van der Waals surface area contributed by atoms with Gasteiger partial charge in [0, 0.05) is 38.1 Å². The molecule has 13 heteroatoms. The van der Waals surface area contributed by atoms with Gasteiger partial charge in [-0.1, -0.05) is 67.6 Å². The lowest BCUT2D eigenvalue weighted by Crippen LogP contribution is -2.49. The molecule has 0 radical (unpaired) electrons. The van der Waals surface area contributed by atoms with E-state index >= 15 is 0 Å². The number of rotatable bonds is 6. The summed E-state index contributed by atoms with van der Waals surface area (Å²) in [5.41, 5.74) is 0.226. The van der Waals surface area contributed by atoms with Crippen molar-refractivity contribution >= 4 is 23.5 Å². The molecule has 2 heterocycles. The van der Waals surface area contributed by atoms with Crippen molar-refractivity contribution in [3.8, 4) is 0 Å². The van der Waals surface area contributed by atoms with Gasteiger partial charge in [-0.3, -0.25) is 0 Å². The van der Waals surface area contributed by atoms with E-state index < -0.39 is 53.0 Å². The van der Waals surface area contributed by atoms with Crippen LogP contribution >= 0.6 is 0 Å². The summed E-state index contributed by atoms with van der Waals surface area (Å²) in [4.78, 5) is 24.7. The smallest absolute Gasteiger partial charge is 0.338 e. The third kappa shape index (κ3) is 6.68. The molecular weight excluding hydrogens is 652 g/mol. The Kier molecular flexibility index (Phi) is 10.7. The van der Waals surface area contributed by atoms with Gasteiger partial charge in [-0.2, -0.15) is 10.2 Å². The summed E-state index contributed by atoms with van der Waals surface area (Å²) in [6.45, 7) is 1.53. The number of aliphatic hydroxyl groups is 1. The van der Waals surface area contributed by atoms with Crippen molar-refractivity contribution in [2.75, 3.05) is 20.7 Å². The minimum absolute atomic E-state index is 0.0276. The number of aliphatic hydroxyl groups excluding tert-OH is 1. The van der Waals surface area contributed by atoms with Crippen LogP contribution in [0.5, 0.6) is 0 Å². The van der Waals surface area contributed by atoms with Gasteiger partial charge >= 0.3 is 12.1 Å². The Morgan fingerprint density at radius 2 is 1.08 bits per heavy atom. The highest BCUT2D eigenvalue weighted by atomic mass is 19.1. The molecule has 0 saturated carbocycles. The summed E-state index contributed by atoms with van der Waals surface area (Å²) in [6, 6.07) is 23.7.